The fourth-order valence-corrected chi connectivity index (χ4v) is 2.75. The van der Waals surface area contributed by atoms with Crippen LogP contribution in [0, 0.1) is 6.92 Å². The van der Waals surface area contributed by atoms with Crippen LogP contribution in [-0.2, 0) is 13.6 Å². The van der Waals surface area contributed by atoms with Crippen LogP contribution < -0.4 is 5.32 Å². The van der Waals surface area contributed by atoms with Gasteiger partial charge in [0.15, 0.2) is 0 Å². The molecule has 0 amide bonds. The lowest BCUT2D eigenvalue weighted by atomic mass is 10.1. The van der Waals surface area contributed by atoms with Crippen molar-refractivity contribution in [1.29, 1.82) is 0 Å². The van der Waals surface area contributed by atoms with Crippen molar-refractivity contribution < 1.29 is 0 Å². The van der Waals surface area contributed by atoms with Gasteiger partial charge in [-0.1, -0.05) is 37.7 Å². The molecule has 4 heteroatoms. The van der Waals surface area contributed by atoms with Gasteiger partial charge in [-0.2, -0.15) is 5.10 Å². The summed E-state index contributed by atoms with van der Waals surface area (Å²) in [6.45, 7) is 7.42. The van der Waals surface area contributed by atoms with Crippen LogP contribution in [0.1, 0.15) is 25.0 Å². The molecule has 0 spiro atoms. The Morgan fingerprint density at radius 1 is 1.37 bits per heavy atom. The van der Waals surface area contributed by atoms with E-state index in [0.717, 1.165) is 6.54 Å². The fraction of sp³-hybridized carbons (Fsp3) is 0.400. The van der Waals surface area contributed by atoms with Crippen molar-refractivity contribution in [3.63, 3.8) is 0 Å². The Bertz CT molecular complexity index is 546. The molecule has 102 valence electrons. The van der Waals surface area contributed by atoms with Crippen LogP contribution in [0.4, 0.5) is 0 Å². The summed E-state index contributed by atoms with van der Waals surface area (Å²) in [5.74, 6) is 0. The third-order valence-electron chi connectivity index (χ3n) is 2.86. The minimum absolute atomic E-state index is 0.518. The number of aromatic nitrogens is 2. The van der Waals surface area contributed by atoms with E-state index >= 15 is 0 Å². The molecule has 0 aliphatic rings. The van der Waals surface area contributed by atoms with Crippen molar-refractivity contribution in [1.82, 2.24) is 15.1 Å². The highest BCUT2D eigenvalue weighted by atomic mass is 32.2. The minimum atomic E-state index is 0.518. The molecule has 0 bridgehead atoms. The Kier molecular flexibility index (Phi) is 4.66. The van der Waals surface area contributed by atoms with Crippen LogP contribution >= 0.6 is 11.8 Å². The average Bonchev–Trinajstić information content (AvgIpc) is 2.75. The summed E-state index contributed by atoms with van der Waals surface area (Å²) >= 11 is 1.76. The maximum Gasteiger partial charge on any atom is 0.0629 e. The first-order valence-electron chi connectivity index (χ1n) is 6.54. The number of nitrogens with one attached hydrogen (secondary N) is 1. The SMILES string of the molecule is Cc1cc(CNC(C)C)ccc1Sc1cnn(C)c1. The minimum Gasteiger partial charge on any atom is -0.310 e. The molecule has 0 unspecified atom stereocenters. The van der Waals surface area contributed by atoms with E-state index in [4.69, 9.17) is 0 Å². The van der Waals surface area contributed by atoms with Gasteiger partial charge in [0.05, 0.1) is 11.1 Å². The first kappa shape index (κ1) is 14.2. The lowest BCUT2D eigenvalue weighted by Crippen LogP contribution is -2.21. The van der Waals surface area contributed by atoms with Gasteiger partial charge in [-0.15, -0.1) is 0 Å². The number of aryl methyl sites for hydroxylation is 2. The molecule has 0 fully saturated rings. The van der Waals surface area contributed by atoms with Crippen LogP contribution in [0.15, 0.2) is 40.4 Å². The molecule has 1 aromatic carbocycles. The molecule has 3 nitrogen and oxygen atoms in total. The Morgan fingerprint density at radius 2 is 2.16 bits per heavy atom. The van der Waals surface area contributed by atoms with Crippen molar-refractivity contribution in [2.24, 2.45) is 7.05 Å². The topological polar surface area (TPSA) is 29.9 Å². The number of rotatable bonds is 5. The second-order valence-corrected chi connectivity index (χ2v) is 6.20. The zero-order chi connectivity index (χ0) is 13.8. The molecule has 0 aliphatic carbocycles. The van der Waals surface area contributed by atoms with E-state index in [1.807, 2.05) is 24.1 Å². The van der Waals surface area contributed by atoms with Gasteiger partial charge in [0.1, 0.15) is 0 Å². The maximum absolute atomic E-state index is 4.19. The van der Waals surface area contributed by atoms with Gasteiger partial charge in [0, 0.05) is 30.7 Å². The summed E-state index contributed by atoms with van der Waals surface area (Å²) in [5.41, 5.74) is 2.65. The highest BCUT2D eigenvalue weighted by Gasteiger charge is 2.04. The average molecular weight is 275 g/mol. The first-order chi connectivity index (χ1) is 9.04. The van der Waals surface area contributed by atoms with E-state index in [1.165, 1.54) is 20.9 Å². The summed E-state index contributed by atoms with van der Waals surface area (Å²) < 4.78 is 1.83. The Hall–Kier alpha value is -1.26. The maximum atomic E-state index is 4.19. The van der Waals surface area contributed by atoms with Crippen molar-refractivity contribution in [2.75, 3.05) is 0 Å². The first-order valence-corrected chi connectivity index (χ1v) is 7.35. The zero-order valence-electron chi connectivity index (χ0n) is 12.0. The summed E-state index contributed by atoms with van der Waals surface area (Å²) in [5, 5.41) is 7.64. The lowest BCUT2D eigenvalue weighted by Gasteiger charge is -2.10. The van der Waals surface area contributed by atoms with Crippen molar-refractivity contribution in [3.05, 3.63) is 41.7 Å². The van der Waals surface area contributed by atoms with E-state index in [-0.39, 0.29) is 0 Å². The summed E-state index contributed by atoms with van der Waals surface area (Å²) in [4.78, 5) is 2.47. The molecule has 0 aliphatic heterocycles. The van der Waals surface area contributed by atoms with Crippen LogP contribution in [0.2, 0.25) is 0 Å². The van der Waals surface area contributed by atoms with E-state index in [9.17, 15) is 0 Å². The van der Waals surface area contributed by atoms with Crippen molar-refractivity contribution >= 4 is 11.8 Å². The van der Waals surface area contributed by atoms with Gasteiger partial charge < -0.3 is 5.32 Å². The summed E-state index contributed by atoms with van der Waals surface area (Å²) in [6, 6.07) is 7.17. The van der Waals surface area contributed by atoms with Gasteiger partial charge in [0.2, 0.25) is 0 Å². The third-order valence-corrected chi connectivity index (χ3v) is 3.99. The summed E-state index contributed by atoms with van der Waals surface area (Å²) in [6.07, 6.45) is 3.94. The Morgan fingerprint density at radius 3 is 2.74 bits per heavy atom. The third kappa shape index (κ3) is 4.11. The van der Waals surface area contributed by atoms with Gasteiger partial charge >= 0.3 is 0 Å². The molecule has 1 aromatic heterocycles. The predicted octanol–water partition coefficient (Wildman–Crippen LogP) is 3.38. The van der Waals surface area contributed by atoms with Gasteiger partial charge in [-0.25, -0.2) is 0 Å². The molecule has 0 atom stereocenters. The summed E-state index contributed by atoms with van der Waals surface area (Å²) in [7, 11) is 1.94. The zero-order valence-corrected chi connectivity index (χ0v) is 12.8. The second kappa shape index (κ2) is 6.26. The Balaban J connectivity index is 2.06. The van der Waals surface area contributed by atoms with Crippen LogP contribution in [0.3, 0.4) is 0 Å². The van der Waals surface area contributed by atoms with E-state index in [2.05, 4.69) is 49.4 Å². The molecule has 0 saturated carbocycles. The predicted molar refractivity (Wildman–Crippen MR) is 80.5 cm³/mol. The normalized spacial score (nSPS) is 11.2. The number of hydrogen-bond donors (Lipinski definition) is 1. The van der Waals surface area contributed by atoms with Gasteiger partial charge in [-0.3, -0.25) is 4.68 Å². The van der Waals surface area contributed by atoms with Crippen LogP contribution in [-0.4, -0.2) is 15.8 Å². The van der Waals surface area contributed by atoms with Crippen molar-refractivity contribution in [3.8, 4) is 0 Å². The highest BCUT2D eigenvalue weighted by molar-refractivity contribution is 7.99. The second-order valence-electron chi connectivity index (χ2n) is 5.09. The van der Waals surface area contributed by atoms with Crippen LogP contribution in [0.5, 0.6) is 0 Å². The number of hydrogen-bond acceptors (Lipinski definition) is 3. The molecule has 1 heterocycles. The monoisotopic (exact) mass is 275 g/mol. The molecule has 2 rings (SSSR count). The molecular weight excluding hydrogens is 254 g/mol. The molecule has 1 N–H and O–H groups in total. The van der Waals surface area contributed by atoms with Gasteiger partial charge in [0.25, 0.3) is 0 Å². The molecule has 2 aromatic rings. The number of nitrogens with zero attached hydrogens (tertiary/aromatic N) is 2. The molecule has 0 saturated heterocycles. The largest absolute Gasteiger partial charge is 0.310 e. The Labute approximate surface area is 119 Å². The van der Waals surface area contributed by atoms with E-state index in [0.29, 0.717) is 6.04 Å². The van der Waals surface area contributed by atoms with Crippen molar-refractivity contribution in [2.45, 2.75) is 43.1 Å². The number of benzene rings is 1. The molecule has 19 heavy (non-hydrogen) atoms. The van der Waals surface area contributed by atoms with E-state index < -0.39 is 0 Å². The fourth-order valence-electron chi connectivity index (χ4n) is 1.84. The smallest absolute Gasteiger partial charge is 0.0629 e. The lowest BCUT2D eigenvalue weighted by molar-refractivity contribution is 0.588. The standard InChI is InChI=1S/C15H21N3S/c1-11(2)16-8-13-5-6-15(12(3)7-13)19-14-9-17-18(4)10-14/h5-7,9-11,16H,8H2,1-4H3. The quantitative estimate of drug-likeness (QED) is 0.907. The molecule has 0 radical (unpaired) electrons. The highest BCUT2D eigenvalue weighted by Crippen LogP contribution is 2.30. The molecular formula is C15H21N3S. The van der Waals surface area contributed by atoms with Gasteiger partial charge in [-0.05, 0) is 24.1 Å². The van der Waals surface area contributed by atoms with E-state index in [1.54, 1.807) is 11.8 Å². The van der Waals surface area contributed by atoms with Crippen LogP contribution in [0.25, 0.3) is 0 Å².